The topological polar surface area (TPSA) is 78.9 Å². The molecular weight excluding hydrogens is 272 g/mol. The standard InChI is InChI=1S/C15H24N2O4/c1-21-10-14(5-6-14)13(20)17-8-3-11(18)15(9-17)4-2-7-16-12(15)19/h11,18H,2-10H2,1H3,(H,16,19)/t11-,15+/m0/s1. The first-order valence-electron chi connectivity index (χ1n) is 7.79. The first kappa shape index (κ1) is 14.8. The number of hydrogen-bond acceptors (Lipinski definition) is 4. The Morgan fingerprint density at radius 2 is 2.24 bits per heavy atom. The van der Waals surface area contributed by atoms with Gasteiger partial charge in [-0.1, -0.05) is 0 Å². The highest BCUT2D eigenvalue weighted by atomic mass is 16.5. The minimum Gasteiger partial charge on any atom is -0.392 e. The van der Waals surface area contributed by atoms with Crippen LogP contribution in [0.4, 0.5) is 0 Å². The third-order valence-corrected chi connectivity index (χ3v) is 5.34. The Morgan fingerprint density at radius 3 is 2.86 bits per heavy atom. The maximum absolute atomic E-state index is 12.7. The number of aliphatic hydroxyl groups is 1. The van der Waals surface area contributed by atoms with E-state index in [1.165, 1.54) is 0 Å². The fourth-order valence-electron chi connectivity index (χ4n) is 3.80. The zero-order chi connectivity index (χ0) is 15.1. The van der Waals surface area contributed by atoms with Crippen molar-refractivity contribution in [2.45, 2.75) is 38.2 Å². The third kappa shape index (κ3) is 2.34. The second-order valence-electron chi connectivity index (χ2n) is 6.76. The summed E-state index contributed by atoms with van der Waals surface area (Å²) in [5, 5.41) is 13.2. The van der Waals surface area contributed by atoms with Crippen molar-refractivity contribution in [3.8, 4) is 0 Å². The fraction of sp³-hybridized carbons (Fsp3) is 0.867. The zero-order valence-corrected chi connectivity index (χ0v) is 12.6. The van der Waals surface area contributed by atoms with Crippen LogP contribution in [0, 0.1) is 10.8 Å². The SMILES string of the molecule is COCC1(C(=O)N2CC[C@H](O)[C@@]3(CCCNC3=O)C2)CC1. The molecule has 3 aliphatic rings. The smallest absolute Gasteiger partial charge is 0.231 e. The molecule has 1 saturated carbocycles. The van der Waals surface area contributed by atoms with Crippen LogP contribution >= 0.6 is 0 Å². The van der Waals surface area contributed by atoms with Crippen LogP contribution < -0.4 is 5.32 Å². The van der Waals surface area contributed by atoms with Crippen molar-refractivity contribution >= 4 is 11.8 Å². The van der Waals surface area contributed by atoms with Gasteiger partial charge in [0.1, 0.15) is 0 Å². The molecule has 0 unspecified atom stereocenters. The van der Waals surface area contributed by atoms with E-state index in [9.17, 15) is 14.7 Å². The summed E-state index contributed by atoms with van der Waals surface area (Å²) in [6.07, 6.45) is 3.05. The number of likely N-dealkylation sites (tertiary alicyclic amines) is 1. The average Bonchev–Trinajstić information content (AvgIpc) is 3.25. The minimum absolute atomic E-state index is 0.0917. The molecule has 2 atom stereocenters. The third-order valence-electron chi connectivity index (χ3n) is 5.34. The summed E-state index contributed by atoms with van der Waals surface area (Å²) in [5.74, 6) is -0.00987. The van der Waals surface area contributed by atoms with Crippen LogP contribution in [0.15, 0.2) is 0 Å². The van der Waals surface area contributed by atoms with Gasteiger partial charge in [-0.25, -0.2) is 0 Å². The van der Waals surface area contributed by atoms with Gasteiger partial charge in [0.2, 0.25) is 11.8 Å². The number of methoxy groups -OCH3 is 1. The number of piperidine rings is 2. The molecule has 0 bridgehead atoms. The molecule has 0 aromatic heterocycles. The van der Waals surface area contributed by atoms with E-state index < -0.39 is 11.5 Å². The first-order chi connectivity index (χ1) is 10.0. The van der Waals surface area contributed by atoms with Gasteiger partial charge in [-0.2, -0.15) is 0 Å². The van der Waals surface area contributed by atoms with Crippen LogP contribution in [-0.2, 0) is 14.3 Å². The van der Waals surface area contributed by atoms with Crippen molar-refractivity contribution in [2.24, 2.45) is 10.8 Å². The van der Waals surface area contributed by atoms with Gasteiger partial charge < -0.3 is 20.1 Å². The number of amides is 2. The van der Waals surface area contributed by atoms with Gasteiger partial charge in [-0.15, -0.1) is 0 Å². The molecule has 1 aliphatic carbocycles. The molecule has 3 fully saturated rings. The highest BCUT2D eigenvalue weighted by molar-refractivity contribution is 5.88. The molecule has 3 rings (SSSR count). The van der Waals surface area contributed by atoms with Crippen LogP contribution in [0.5, 0.6) is 0 Å². The summed E-state index contributed by atoms with van der Waals surface area (Å²) in [6, 6.07) is 0. The summed E-state index contributed by atoms with van der Waals surface area (Å²) in [6.45, 7) is 1.98. The summed E-state index contributed by atoms with van der Waals surface area (Å²) < 4.78 is 5.18. The van der Waals surface area contributed by atoms with E-state index in [1.807, 2.05) is 0 Å². The number of carbonyl (C=O) groups is 2. The molecule has 2 amide bonds. The molecule has 0 radical (unpaired) electrons. The Hall–Kier alpha value is -1.14. The van der Waals surface area contributed by atoms with Crippen molar-refractivity contribution < 1.29 is 19.4 Å². The van der Waals surface area contributed by atoms with E-state index in [-0.39, 0.29) is 17.2 Å². The molecule has 2 aliphatic heterocycles. The quantitative estimate of drug-likeness (QED) is 0.762. The van der Waals surface area contributed by atoms with Gasteiger partial charge >= 0.3 is 0 Å². The number of nitrogens with one attached hydrogen (secondary N) is 1. The number of aliphatic hydroxyl groups excluding tert-OH is 1. The van der Waals surface area contributed by atoms with Gasteiger partial charge in [0, 0.05) is 26.7 Å². The van der Waals surface area contributed by atoms with E-state index in [2.05, 4.69) is 5.32 Å². The summed E-state index contributed by atoms with van der Waals surface area (Å²) in [4.78, 5) is 26.8. The highest BCUT2D eigenvalue weighted by Crippen LogP contribution is 2.49. The first-order valence-corrected chi connectivity index (χ1v) is 7.79. The Labute approximate surface area is 124 Å². The van der Waals surface area contributed by atoms with Crippen LogP contribution in [0.2, 0.25) is 0 Å². The maximum atomic E-state index is 12.7. The Kier molecular flexibility index (Phi) is 3.69. The maximum Gasteiger partial charge on any atom is 0.231 e. The van der Waals surface area contributed by atoms with Crippen molar-refractivity contribution in [1.29, 1.82) is 0 Å². The van der Waals surface area contributed by atoms with Crippen LogP contribution in [-0.4, -0.2) is 61.3 Å². The summed E-state index contributed by atoms with van der Waals surface area (Å²) in [7, 11) is 1.61. The zero-order valence-electron chi connectivity index (χ0n) is 12.6. The summed E-state index contributed by atoms with van der Waals surface area (Å²) >= 11 is 0. The second kappa shape index (κ2) is 5.25. The number of ether oxygens (including phenoxy) is 1. The van der Waals surface area contributed by atoms with E-state index in [0.29, 0.717) is 39.1 Å². The largest absolute Gasteiger partial charge is 0.392 e. The molecule has 6 heteroatoms. The Morgan fingerprint density at radius 1 is 1.48 bits per heavy atom. The van der Waals surface area contributed by atoms with E-state index in [1.54, 1.807) is 12.0 Å². The van der Waals surface area contributed by atoms with Gasteiger partial charge in [-0.05, 0) is 32.1 Å². The summed E-state index contributed by atoms with van der Waals surface area (Å²) in [5.41, 5.74) is -1.18. The minimum atomic E-state index is -0.810. The van der Waals surface area contributed by atoms with Crippen molar-refractivity contribution in [2.75, 3.05) is 33.4 Å². The van der Waals surface area contributed by atoms with Crippen molar-refractivity contribution in [3.63, 3.8) is 0 Å². The Balaban J connectivity index is 1.77. The predicted molar refractivity (Wildman–Crippen MR) is 75.4 cm³/mol. The number of carbonyl (C=O) groups excluding carboxylic acids is 2. The van der Waals surface area contributed by atoms with E-state index in [4.69, 9.17) is 4.74 Å². The lowest BCUT2D eigenvalue weighted by molar-refractivity contribution is -0.158. The molecule has 1 spiro atoms. The lowest BCUT2D eigenvalue weighted by atomic mass is 9.71. The van der Waals surface area contributed by atoms with Crippen molar-refractivity contribution in [1.82, 2.24) is 10.2 Å². The Bertz CT molecular complexity index is 449. The lowest BCUT2D eigenvalue weighted by Gasteiger charge is -2.47. The predicted octanol–water partition coefficient (Wildman–Crippen LogP) is -0.0974. The fourth-order valence-corrected chi connectivity index (χ4v) is 3.80. The number of nitrogens with zero attached hydrogens (tertiary/aromatic N) is 1. The monoisotopic (exact) mass is 296 g/mol. The van der Waals surface area contributed by atoms with Gasteiger partial charge in [-0.3, -0.25) is 9.59 Å². The lowest BCUT2D eigenvalue weighted by Crippen LogP contribution is -2.62. The van der Waals surface area contributed by atoms with Crippen LogP contribution in [0.25, 0.3) is 0 Å². The van der Waals surface area contributed by atoms with Gasteiger partial charge in [0.15, 0.2) is 0 Å². The molecule has 2 heterocycles. The van der Waals surface area contributed by atoms with Crippen LogP contribution in [0.3, 0.4) is 0 Å². The van der Waals surface area contributed by atoms with Crippen molar-refractivity contribution in [3.05, 3.63) is 0 Å². The molecule has 0 aromatic rings. The molecule has 2 saturated heterocycles. The average molecular weight is 296 g/mol. The molecule has 118 valence electrons. The molecular formula is C15H24N2O4. The molecule has 21 heavy (non-hydrogen) atoms. The van der Waals surface area contributed by atoms with Crippen LogP contribution in [0.1, 0.15) is 32.1 Å². The number of rotatable bonds is 3. The molecule has 2 N–H and O–H groups in total. The van der Waals surface area contributed by atoms with E-state index >= 15 is 0 Å². The second-order valence-corrected chi connectivity index (χ2v) is 6.76. The normalized spacial score (nSPS) is 34.7. The highest BCUT2D eigenvalue weighted by Gasteiger charge is 2.56. The molecule has 0 aromatic carbocycles. The van der Waals surface area contributed by atoms with Gasteiger partial charge in [0.05, 0.1) is 23.5 Å². The number of hydrogen-bond donors (Lipinski definition) is 2. The molecule has 6 nitrogen and oxygen atoms in total. The van der Waals surface area contributed by atoms with E-state index in [0.717, 1.165) is 19.3 Å². The van der Waals surface area contributed by atoms with Gasteiger partial charge in [0.25, 0.3) is 0 Å².